The van der Waals surface area contributed by atoms with Gasteiger partial charge < -0.3 is 29.2 Å². The van der Waals surface area contributed by atoms with Gasteiger partial charge in [0.25, 0.3) is 5.56 Å². The Morgan fingerprint density at radius 2 is 1.54 bits per heavy atom. The summed E-state index contributed by atoms with van der Waals surface area (Å²) in [5, 5.41) is 22.8. The van der Waals surface area contributed by atoms with Crippen LogP contribution in [0.15, 0.2) is 4.79 Å². The van der Waals surface area contributed by atoms with Crippen LogP contribution in [0.1, 0.15) is 67.9 Å². The largest absolute Gasteiger partial charge is 0.475 e. The maximum Gasteiger partial charge on any atom is 0.475 e. The number of fused-ring (bicyclic) bond motifs is 3. The summed E-state index contributed by atoms with van der Waals surface area (Å²) in [4.78, 5) is 61.8. The summed E-state index contributed by atoms with van der Waals surface area (Å²) in [7, 11) is -3.15. The summed E-state index contributed by atoms with van der Waals surface area (Å²) in [6.45, 7) is 13.6. The molecule has 2 saturated heterocycles. The van der Waals surface area contributed by atoms with Crippen LogP contribution in [0.25, 0.3) is 0 Å². The van der Waals surface area contributed by atoms with Crippen molar-refractivity contribution in [3.63, 3.8) is 0 Å². The van der Waals surface area contributed by atoms with Crippen molar-refractivity contribution in [3.8, 4) is 0 Å². The van der Waals surface area contributed by atoms with Gasteiger partial charge in [0.15, 0.2) is 18.1 Å². The number of phosphoric acid groups is 1. The standard InChI is InChI=1S/C27H41N4O14P/c1-24(2,3)42-21(33)30-17-13(11-14-19(30)41-15-12-40-46(38,39-10)45-16(15)27(14,36)37)18(32)29-20(28-17)31(22(34)43-25(4,5)6)23(35)44-26(7,8)9/h14-16,19,36-37H,11-12H2,1-10H3,(H,28,29,32)/t14-,15-,16+,19-,46?/m1/s1. The predicted molar refractivity (Wildman–Crippen MR) is 157 cm³/mol. The first-order valence-corrected chi connectivity index (χ1v) is 15.8. The first-order chi connectivity index (χ1) is 20.9. The Morgan fingerprint density at radius 3 is 2.04 bits per heavy atom. The Bertz CT molecular complexity index is 1460. The molecule has 4 heterocycles. The van der Waals surface area contributed by atoms with E-state index in [4.69, 9.17) is 32.5 Å². The minimum atomic E-state index is -4.19. The van der Waals surface area contributed by atoms with Crippen LogP contribution in [-0.4, -0.2) is 93.2 Å². The van der Waals surface area contributed by atoms with Crippen molar-refractivity contribution in [1.82, 2.24) is 9.97 Å². The molecule has 1 aromatic heterocycles. The number of amides is 3. The summed E-state index contributed by atoms with van der Waals surface area (Å²) in [6, 6.07) is 0. The van der Waals surface area contributed by atoms with Crippen LogP contribution < -0.4 is 15.4 Å². The van der Waals surface area contributed by atoms with Crippen molar-refractivity contribution in [3.05, 3.63) is 15.9 Å². The highest BCUT2D eigenvalue weighted by Gasteiger charge is 2.64. The van der Waals surface area contributed by atoms with Crippen LogP contribution in [0.5, 0.6) is 0 Å². The number of aromatic nitrogens is 2. The van der Waals surface area contributed by atoms with Gasteiger partial charge in [-0.25, -0.2) is 23.8 Å². The molecule has 1 unspecified atom stereocenters. The van der Waals surface area contributed by atoms with Crippen LogP contribution >= 0.6 is 7.82 Å². The number of aromatic amines is 1. The molecule has 0 bridgehead atoms. The Labute approximate surface area is 264 Å². The number of anilines is 2. The zero-order valence-corrected chi connectivity index (χ0v) is 28.2. The molecule has 258 valence electrons. The molecule has 3 aliphatic rings. The second kappa shape index (κ2) is 11.8. The third-order valence-electron chi connectivity index (χ3n) is 6.67. The molecule has 5 atom stereocenters. The van der Waals surface area contributed by atoms with E-state index in [1.807, 2.05) is 0 Å². The van der Waals surface area contributed by atoms with Gasteiger partial charge >= 0.3 is 26.1 Å². The molecule has 3 amide bonds. The fourth-order valence-electron chi connectivity index (χ4n) is 4.90. The number of carbonyl (C=O) groups is 3. The van der Waals surface area contributed by atoms with Crippen molar-refractivity contribution in [2.75, 3.05) is 23.5 Å². The van der Waals surface area contributed by atoms with Gasteiger partial charge in [-0.15, -0.1) is 4.90 Å². The molecule has 0 radical (unpaired) electrons. The molecule has 18 nitrogen and oxygen atoms in total. The van der Waals surface area contributed by atoms with Gasteiger partial charge in [-0.3, -0.25) is 23.3 Å². The van der Waals surface area contributed by atoms with E-state index < -0.39 is 103 Å². The van der Waals surface area contributed by atoms with Crippen LogP contribution in [0, 0.1) is 5.92 Å². The fourth-order valence-corrected chi connectivity index (χ4v) is 6.05. The van der Waals surface area contributed by atoms with E-state index in [1.165, 1.54) is 0 Å². The number of hydrogen-bond donors (Lipinski definition) is 3. The van der Waals surface area contributed by atoms with Crippen molar-refractivity contribution in [1.29, 1.82) is 0 Å². The molecule has 3 N–H and O–H groups in total. The lowest BCUT2D eigenvalue weighted by atomic mass is 9.79. The van der Waals surface area contributed by atoms with Gasteiger partial charge in [0.05, 0.1) is 18.1 Å². The van der Waals surface area contributed by atoms with Crippen molar-refractivity contribution < 1.29 is 61.7 Å². The van der Waals surface area contributed by atoms with Gasteiger partial charge in [-0.1, -0.05) is 0 Å². The lowest BCUT2D eigenvalue weighted by Crippen LogP contribution is -2.71. The topological polar surface area (TPSA) is 226 Å². The smallest absolute Gasteiger partial charge is 0.443 e. The van der Waals surface area contributed by atoms with Gasteiger partial charge in [-0.05, 0) is 68.7 Å². The number of carbonyl (C=O) groups excluding carboxylic acids is 3. The minimum Gasteiger partial charge on any atom is -0.443 e. The van der Waals surface area contributed by atoms with Crippen LogP contribution in [0.2, 0.25) is 0 Å². The summed E-state index contributed by atoms with van der Waals surface area (Å²) in [6.07, 6.45) is -8.66. The molecule has 4 rings (SSSR count). The van der Waals surface area contributed by atoms with Crippen LogP contribution in [-0.2, 0) is 43.5 Å². The molecule has 3 aliphatic heterocycles. The highest BCUT2D eigenvalue weighted by Crippen LogP contribution is 2.57. The first kappa shape index (κ1) is 35.7. The normalized spacial score (nSPS) is 27.4. The lowest BCUT2D eigenvalue weighted by Gasteiger charge is -2.54. The monoisotopic (exact) mass is 676 g/mol. The highest BCUT2D eigenvalue weighted by atomic mass is 31.2. The van der Waals surface area contributed by atoms with E-state index in [0.29, 0.717) is 4.90 Å². The molecule has 0 saturated carbocycles. The number of nitrogens with zero attached hydrogens (tertiary/aromatic N) is 3. The van der Waals surface area contributed by atoms with E-state index >= 15 is 0 Å². The number of aliphatic hydroxyl groups is 2. The fraction of sp³-hybridized carbons (Fsp3) is 0.741. The van der Waals surface area contributed by atoms with E-state index in [9.17, 15) is 34.0 Å². The van der Waals surface area contributed by atoms with Gasteiger partial charge in [-0.2, -0.15) is 4.98 Å². The minimum absolute atomic E-state index is 0.263. The van der Waals surface area contributed by atoms with Crippen LogP contribution in [0.4, 0.5) is 26.1 Å². The molecule has 2 fully saturated rings. The Kier molecular flexibility index (Phi) is 9.20. The quantitative estimate of drug-likeness (QED) is 0.233. The molecule has 1 aromatic rings. The lowest BCUT2D eigenvalue weighted by molar-refractivity contribution is -0.340. The molecular weight excluding hydrogens is 635 g/mol. The van der Waals surface area contributed by atoms with E-state index in [0.717, 1.165) is 12.0 Å². The second-order valence-corrected chi connectivity index (χ2v) is 15.7. The van der Waals surface area contributed by atoms with Crippen molar-refractivity contribution in [2.45, 2.75) is 110 Å². The van der Waals surface area contributed by atoms with Gasteiger partial charge in [0, 0.05) is 7.11 Å². The maximum absolute atomic E-state index is 13.8. The average molecular weight is 677 g/mol. The number of rotatable bonds is 2. The number of nitrogens with one attached hydrogen (secondary N) is 1. The number of H-pyrrole nitrogens is 1. The summed E-state index contributed by atoms with van der Waals surface area (Å²) in [5.74, 6) is -5.45. The van der Waals surface area contributed by atoms with Gasteiger partial charge in [0.2, 0.25) is 11.7 Å². The van der Waals surface area contributed by atoms with Crippen molar-refractivity contribution in [2.24, 2.45) is 5.92 Å². The number of hydrogen-bond acceptors (Lipinski definition) is 15. The molecule has 19 heteroatoms. The van der Waals surface area contributed by atoms with E-state index in [-0.39, 0.29) is 5.56 Å². The molecule has 0 spiro atoms. The number of ether oxygens (including phenoxy) is 4. The SMILES string of the molecule is COP1(=O)OC[C@H]2O[C@@H]3[C@@H](Cc4c(nc(N(C(=O)OC(C)(C)C)C(=O)OC(C)(C)C)[nH]c4=O)N3C(=O)OC(C)(C)C)C(O)(O)[C@H]2O1. The maximum atomic E-state index is 13.8. The predicted octanol–water partition coefficient (Wildman–Crippen LogP) is 2.94. The Balaban J connectivity index is 1.89. The third kappa shape index (κ3) is 7.38. The summed E-state index contributed by atoms with van der Waals surface area (Å²) >= 11 is 0. The Hall–Kier alpha value is -3.12. The average Bonchev–Trinajstić information content (AvgIpc) is 2.85. The zero-order valence-electron chi connectivity index (χ0n) is 27.3. The molecule has 0 aromatic carbocycles. The molecular formula is C27H41N4O14P. The number of imide groups is 1. The Morgan fingerprint density at radius 1 is 1.00 bits per heavy atom. The third-order valence-corrected chi connectivity index (χ3v) is 8.06. The van der Waals surface area contributed by atoms with E-state index in [2.05, 4.69) is 9.97 Å². The number of phosphoric ester groups is 1. The van der Waals surface area contributed by atoms with Gasteiger partial charge in [0.1, 0.15) is 22.9 Å². The highest BCUT2D eigenvalue weighted by molar-refractivity contribution is 7.48. The van der Waals surface area contributed by atoms with Crippen LogP contribution in [0.3, 0.4) is 0 Å². The van der Waals surface area contributed by atoms with E-state index in [1.54, 1.807) is 62.3 Å². The van der Waals surface area contributed by atoms with Crippen molar-refractivity contribution >= 4 is 37.9 Å². The summed E-state index contributed by atoms with van der Waals surface area (Å²) in [5.41, 5.74) is -4.49. The summed E-state index contributed by atoms with van der Waals surface area (Å²) < 4.78 is 50.3. The molecule has 46 heavy (non-hydrogen) atoms. The molecule has 0 aliphatic carbocycles. The zero-order chi connectivity index (χ0) is 34.8. The first-order valence-electron chi connectivity index (χ1n) is 14.4. The second-order valence-electron chi connectivity index (χ2n) is 13.9.